The van der Waals surface area contributed by atoms with Crippen LogP contribution in [0.15, 0.2) is 59.2 Å². The first-order valence-corrected chi connectivity index (χ1v) is 9.44. The predicted molar refractivity (Wildman–Crippen MR) is 111 cm³/mol. The molecule has 0 spiro atoms. The van der Waals surface area contributed by atoms with Gasteiger partial charge in [0.2, 0.25) is 0 Å². The lowest BCUT2D eigenvalue weighted by Gasteiger charge is -2.10. The lowest BCUT2D eigenvalue weighted by atomic mass is 10.1. The number of halogens is 1. The largest absolute Gasteiger partial charge is 0.467 e. The van der Waals surface area contributed by atoms with Crippen molar-refractivity contribution in [1.29, 1.82) is 0 Å². The van der Waals surface area contributed by atoms with Gasteiger partial charge in [0.15, 0.2) is 0 Å². The van der Waals surface area contributed by atoms with Crippen LogP contribution in [0.2, 0.25) is 0 Å². The number of hydrogen-bond acceptors (Lipinski definition) is 5. The number of carbonyl (C=O) groups is 1. The topological polar surface area (TPSA) is 77.2 Å². The number of aryl methyl sites for hydroxylation is 2. The van der Waals surface area contributed by atoms with Crippen LogP contribution >= 0.6 is 0 Å². The van der Waals surface area contributed by atoms with Crippen LogP contribution in [-0.2, 0) is 18.0 Å². The molecule has 0 saturated heterocycles. The van der Waals surface area contributed by atoms with E-state index in [1.165, 1.54) is 12.1 Å². The van der Waals surface area contributed by atoms with Gasteiger partial charge in [-0.05, 0) is 49.7 Å². The van der Waals surface area contributed by atoms with E-state index in [1.54, 1.807) is 32.2 Å². The van der Waals surface area contributed by atoms with Crippen LogP contribution in [0.4, 0.5) is 10.1 Å². The molecule has 0 aliphatic carbocycles. The van der Waals surface area contributed by atoms with Crippen LogP contribution in [0.25, 0.3) is 11.0 Å². The van der Waals surface area contributed by atoms with E-state index in [0.29, 0.717) is 41.3 Å². The minimum Gasteiger partial charge on any atom is -0.467 e. The van der Waals surface area contributed by atoms with Gasteiger partial charge in [0, 0.05) is 11.8 Å². The zero-order valence-electron chi connectivity index (χ0n) is 16.6. The van der Waals surface area contributed by atoms with E-state index >= 15 is 0 Å². The van der Waals surface area contributed by atoms with Gasteiger partial charge in [0.05, 0.1) is 35.3 Å². The van der Waals surface area contributed by atoms with E-state index < -0.39 is 11.7 Å². The minimum atomic E-state index is -0.537. The van der Waals surface area contributed by atoms with E-state index in [2.05, 4.69) is 15.3 Å². The Morgan fingerprint density at radius 3 is 2.70 bits per heavy atom. The zero-order valence-corrected chi connectivity index (χ0v) is 16.6. The Morgan fingerprint density at radius 1 is 1.07 bits per heavy atom. The summed E-state index contributed by atoms with van der Waals surface area (Å²) in [5, 5.41) is 2.81. The SMILES string of the molecule is Cc1nc2cc(F)cc(C(=O)Nc3cccc(COCc4ccco4)c3)c2nc1C. The number of amides is 1. The van der Waals surface area contributed by atoms with Gasteiger partial charge < -0.3 is 14.5 Å². The summed E-state index contributed by atoms with van der Waals surface area (Å²) in [5.74, 6) is -0.250. The molecule has 7 heteroatoms. The number of furan rings is 1. The third kappa shape index (κ3) is 4.36. The second kappa shape index (κ2) is 8.42. The van der Waals surface area contributed by atoms with Gasteiger partial charge in [0.25, 0.3) is 5.91 Å². The Kier molecular flexibility index (Phi) is 5.54. The molecule has 30 heavy (non-hydrogen) atoms. The first-order chi connectivity index (χ1) is 14.5. The normalized spacial score (nSPS) is 11.0. The van der Waals surface area contributed by atoms with Gasteiger partial charge >= 0.3 is 0 Å². The Hall–Kier alpha value is -3.58. The summed E-state index contributed by atoms with van der Waals surface area (Å²) in [5.41, 5.74) is 3.71. The second-order valence-corrected chi connectivity index (χ2v) is 6.94. The highest BCUT2D eigenvalue weighted by Gasteiger charge is 2.16. The highest BCUT2D eigenvalue weighted by molar-refractivity contribution is 6.11. The van der Waals surface area contributed by atoms with Crippen LogP contribution in [0.5, 0.6) is 0 Å². The van der Waals surface area contributed by atoms with Crippen molar-refractivity contribution in [2.24, 2.45) is 0 Å². The Morgan fingerprint density at radius 2 is 1.90 bits per heavy atom. The number of fused-ring (bicyclic) bond motifs is 1. The summed E-state index contributed by atoms with van der Waals surface area (Å²) < 4.78 is 24.9. The standard InChI is InChI=1S/C23H20FN3O3/c1-14-15(2)26-22-20(10-17(24)11-21(22)25-14)23(28)27-18-6-3-5-16(9-18)12-29-13-19-7-4-8-30-19/h3-11H,12-13H2,1-2H3,(H,27,28). The molecule has 1 N–H and O–H groups in total. The number of rotatable bonds is 6. The summed E-state index contributed by atoms with van der Waals surface area (Å²) in [6, 6.07) is 13.4. The van der Waals surface area contributed by atoms with E-state index in [4.69, 9.17) is 9.15 Å². The Labute approximate surface area is 172 Å². The molecule has 6 nitrogen and oxygen atoms in total. The molecule has 2 heterocycles. The quantitative estimate of drug-likeness (QED) is 0.491. The molecule has 1 amide bonds. The first-order valence-electron chi connectivity index (χ1n) is 9.44. The first kappa shape index (κ1) is 19.7. The van der Waals surface area contributed by atoms with Crippen LogP contribution in [0.3, 0.4) is 0 Å². The molecule has 4 rings (SSSR count). The average Bonchev–Trinajstić information content (AvgIpc) is 3.22. The molecule has 0 fully saturated rings. The van der Waals surface area contributed by atoms with E-state index in [1.807, 2.05) is 24.3 Å². The molecular weight excluding hydrogens is 385 g/mol. The maximum absolute atomic E-state index is 14.1. The Balaban J connectivity index is 1.52. The zero-order chi connectivity index (χ0) is 21.1. The van der Waals surface area contributed by atoms with Gasteiger partial charge in [-0.15, -0.1) is 0 Å². The maximum Gasteiger partial charge on any atom is 0.258 e. The average molecular weight is 405 g/mol. The molecule has 4 aromatic rings. The van der Waals surface area contributed by atoms with Gasteiger partial charge in [0.1, 0.15) is 23.7 Å². The molecule has 0 aliphatic heterocycles. The molecule has 152 valence electrons. The van der Waals surface area contributed by atoms with Crippen LogP contribution in [0.1, 0.15) is 33.1 Å². The summed E-state index contributed by atoms with van der Waals surface area (Å²) in [4.78, 5) is 21.7. The third-order valence-electron chi connectivity index (χ3n) is 4.67. The minimum absolute atomic E-state index is 0.139. The maximum atomic E-state index is 14.1. The Bertz CT molecular complexity index is 1210. The lowest BCUT2D eigenvalue weighted by molar-refractivity contribution is 0.0929. The fraction of sp³-hybridized carbons (Fsp3) is 0.174. The van der Waals surface area contributed by atoms with Crippen molar-refractivity contribution >= 4 is 22.6 Å². The summed E-state index contributed by atoms with van der Waals surface area (Å²) in [7, 11) is 0. The molecule has 2 aromatic carbocycles. The predicted octanol–water partition coefficient (Wildman–Crippen LogP) is 4.95. The molecule has 0 aliphatic rings. The smallest absolute Gasteiger partial charge is 0.258 e. The number of benzene rings is 2. The van der Waals surface area contributed by atoms with Crippen molar-refractivity contribution in [1.82, 2.24) is 9.97 Å². The summed E-state index contributed by atoms with van der Waals surface area (Å²) in [6.07, 6.45) is 1.60. The fourth-order valence-corrected chi connectivity index (χ4v) is 3.07. The van der Waals surface area contributed by atoms with Crippen LogP contribution < -0.4 is 5.32 Å². The number of anilines is 1. The summed E-state index contributed by atoms with van der Waals surface area (Å²) >= 11 is 0. The van der Waals surface area contributed by atoms with Crippen molar-refractivity contribution in [2.45, 2.75) is 27.1 Å². The van der Waals surface area contributed by atoms with Gasteiger partial charge in [-0.2, -0.15) is 0 Å². The number of hydrogen-bond donors (Lipinski definition) is 1. The molecular formula is C23H20FN3O3. The molecule has 0 atom stereocenters. The van der Waals surface area contributed by atoms with E-state index in [0.717, 1.165) is 11.3 Å². The van der Waals surface area contributed by atoms with Crippen molar-refractivity contribution in [2.75, 3.05) is 5.32 Å². The van der Waals surface area contributed by atoms with E-state index in [9.17, 15) is 9.18 Å². The lowest BCUT2D eigenvalue weighted by Crippen LogP contribution is -2.14. The van der Waals surface area contributed by atoms with Crippen LogP contribution in [0, 0.1) is 19.7 Å². The second-order valence-electron chi connectivity index (χ2n) is 6.94. The highest BCUT2D eigenvalue weighted by atomic mass is 19.1. The number of aromatic nitrogens is 2. The van der Waals surface area contributed by atoms with Crippen molar-refractivity contribution in [3.63, 3.8) is 0 Å². The molecule has 0 saturated carbocycles. The van der Waals surface area contributed by atoms with Crippen molar-refractivity contribution in [3.8, 4) is 0 Å². The third-order valence-corrected chi connectivity index (χ3v) is 4.67. The summed E-state index contributed by atoms with van der Waals surface area (Å²) in [6.45, 7) is 4.32. The molecule has 0 unspecified atom stereocenters. The monoisotopic (exact) mass is 405 g/mol. The molecule has 0 bridgehead atoms. The van der Waals surface area contributed by atoms with Gasteiger partial charge in [-0.3, -0.25) is 4.79 Å². The van der Waals surface area contributed by atoms with Crippen LogP contribution in [-0.4, -0.2) is 15.9 Å². The number of nitrogens with one attached hydrogen (secondary N) is 1. The van der Waals surface area contributed by atoms with Crippen molar-refractivity contribution in [3.05, 3.63) is 88.9 Å². The molecule has 0 radical (unpaired) electrons. The number of carbonyl (C=O) groups excluding carboxylic acids is 1. The van der Waals surface area contributed by atoms with Gasteiger partial charge in [-0.25, -0.2) is 14.4 Å². The number of nitrogens with zero attached hydrogens (tertiary/aromatic N) is 2. The van der Waals surface area contributed by atoms with Crippen molar-refractivity contribution < 1.29 is 18.3 Å². The van der Waals surface area contributed by atoms with Gasteiger partial charge in [-0.1, -0.05) is 12.1 Å². The fourth-order valence-electron chi connectivity index (χ4n) is 3.07. The number of ether oxygens (including phenoxy) is 1. The molecule has 2 aromatic heterocycles. The van der Waals surface area contributed by atoms with E-state index in [-0.39, 0.29) is 5.56 Å². The highest BCUT2D eigenvalue weighted by Crippen LogP contribution is 2.21.